The van der Waals surface area contributed by atoms with Gasteiger partial charge in [-0.2, -0.15) is 0 Å². The molecule has 1 unspecified atom stereocenters. The minimum absolute atomic E-state index is 0.0325. The lowest BCUT2D eigenvalue weighted by molar-refractivity contribution is -0.119. The van der Waals surface area contributed by atoms with Crippen molar-refractivity contribution >= 4 is 11.6 Å². The monoisotopic (exact) mass is 283 g/mol. The van der Waals surface area contributed by atoms with E-state index in [1.807, 2.05) is 54.6 Å². The lowest BCUT2D eigenvalue weighted by Gasteiger charge is -2.24. The van der Waals surface area contributed by atoms with Gasteiger partial charge in [0.1, 0.15) is 5.75 Å². The maximum absolute atomic E-state index is 12.3. The van der Waals surface area contributed by atoms with Crippen LogP contribution >= 0.6 is 0 Å². The fourth-order valence-electron chi connectivity index (χ4n) is 2.47. The zero-order valence-corrected chi connectivity index (χ0v) is 11.6. The molecule has 0 saturated carbocycles. The summed E-state index contributed by atoms with van der Waals surface area (Å²) < 4.78 is 5.59. The number of amides is 1. The number of ether oxygens (including phenoxy) is 1. The molecule has 0 aliphatic carbocycles. The molecule has 21 heavy (non-hydrogen) atoms. The summed E-state index contributed by atoms with van der Waals surface area (Å²) >= 11 is 0. The number of para-hydroxylation sites is 2. The predicted molar refractivity (Wildman–Crippen MR) is 80.3 cm³/mol. The standard InChI is InChI=1S/C17H17NO3/c19-15(13-6-2-1-3-7-13)12-18-14-8-4-5-9-16(14)21-11-10-17(18)20/h1-9,15,19H,10-12H2. The van der Waals surface area contributed by atoms with Crippen molar-refractivity contribution in [3.8, 4) is 5.75 Å². The predicted octanol–water partition coefficient (Wildman–Crippen LogP) is 2.54. The molecule has 1 N–H and O–H groups in total. The molecule has 0 aromatic heterocycles. The summed E-state index contributed by atoms with van der Waals surface area (Å²) in [6, 6.07) is 16.8. The Morgan fingerprint density at radius 3 is 2.62 bits per heavy atom. The van der Waals surface area contributed by atoms with Crippen molar-refractivity contribution in [1.29, 1.82) is 0 Å². The third-order valence-corrected chi connectivity index (χ3v) is 3.57. The third kappa shape index (κ3) is 2.90. The maximum Gasteiger partial charge on any atom is 0.230 e. The largest absolute Gasteiger partial charge is 0.491 e. The number of β-amino-alcohol motifs (C(OH)–C–C–N with tert-alkyl or cyclic N) is 1. The number of hydrogen-bond donors (Lipinski definition) is 1. The Morgan fingerprint density at radius 2 is 1.81 bits per heavy atom. The first kappa shape index (κ1) is 13.6. The molecule has 0 saturated heterocycles. The lowest BCUT2D eigenvalue weighted by atomic mass is 10.1. The minimum Gasteiger partial charge on any atom is -0.491 e. The second-order valence-corrected chi connectivity index (χ2v) is 5.00. The Hall–Kier alpha value is -2.33. The Bertz CT molecular complexity index is 627. The Morgan fingerprint density at radius 1 is 1.10 bits per heavy atom. The van der Waals surface area contributed by atoms with Crippen LogP contribution in [0.5, 0.6) is 5.75 Å². The van der Waals surface area contributed by atoms with Gasteiger partial charge in [-0.05, 0) is 17.7 Å². The zero-order valence-electron chi connectivity index (χ0n) is 11.6. The Kier molecular flexibility index (Phi) is 3.88. The van der Waals surface area contributed by atoms with Crippen molar-refractivity contribution < 1.29 is 14.6 Å². The number of nitrogens with zero attached hydrogens (tertiary/aromatic N) is 1. The highest BCUT2D eigenvalue weighted by Crippen LogP contribution is 2.32. The van der Waals surface area contributed by atoms with E-state index in [0.29, 0.717) is 18.8 Å². The van der Waals surface area contributed by atoms with Gasteiger partial charge in [-0.1, -0.05) is 42.5 Å². The molecule has 0 bridgehead atoms. The van der Waals surface area contributed by atoms with Crippen molar-refractivity contribution in [3.63, 3.8) is 0 Å². The zero-order chi connectivity index (χ0) is 14.7. The molecule has 2 aromatic carbocycles. The van der Waals surface area contributed by atoms with E-state index in [1.54, 1.807) is 4.90 Å². The number of aliphatic hydroxyl groups excluding tert-OH is 1. The third-order valence-electron chi connectivity index (χ3n) is 3.57. The second kappa shape index (κ2) is 5.97. The summed E-state index contributed by atoms with van der Waals surface area (Å²) in [5.41, 5.74) is 1.52. The maximum atomic E-state index is 12.3. The molecule has 3 rings (SSSR count). The number of anilines is 1. The minimum atomic E-state index is -0.721. The van der Waals surface area contributed by atoms with Crippen LogP contribution in [0.15, 0.2) is 54.6 Å². The Balaban J connectivity index is 1.88. The molecule has 4 heteroatoms. The van der Waals surface area contributed by atoms with E-state index in [0.717, 1.165) is 11.3 Å². The average Bonchev–Trinajstić information content (AvgIpc) is 2.68. The van der Waals surface area contributed by atoms with E-state index >= 15 is 0 Å². The summed E-state index contributed by atoms with van der Waals surface area (Å²) in [5, 5.41) is 10.4. The number of hydrogen-bond acceptors (Lipinski definition) is 3. The lowest BCUT2D eigenvalue weighted by Crippen LogP contribution is -2.34. The van der Waals surface area contributed by atoms with Gasteiger partial charge in [-0.15, -0.1) is 0 Å². The fraction of sp³-hybridized carbons (Fsp3) is 0.235. The molecule has 108 valence electrons. The van der Waals surface area contributed by atoms with Crippen LogP contribution in [0.4, 0.5) is 5.69 Å². The number of rotatable bonds is 3. The van der Waals surface area contributed by atoms with Gasteiger partial charge in [-0.3, -0.25) is 4.79 Å². The molecule has 1 amide bonds. The van der Waals surface area contributed by atoms with E-state index < -0.39 is 6.10 Å². The Labute approximate surface area is 123 Å². The molecule has 2 aromatic rings. The second-order valence-electron chi connectivity index (χ2n) is 5.00. The molecule has 0 fully saturated rings. The molecular formula is C17H17NO3. The van der Waals surface area contributed by atoms with E-state index in [9.17, 15) is 9.90 Å². The summed E-state index contributed by atoms with van der Waals surface area (Å²) in [6.07, 6.45) is -0.405. The molecule has 1 atom stereocenters. The van der Waals surface area contributed by atoms with Crippen molar-refractivity contribution in [2.75, 3.05) is 18.1 Å². The first-order chi connectivity index (χ1) is 10.3. The molecule has 1 heterocycles. The number of benzene rings is 2. The first-order valence-corrected chi connectivity index (χ1v) is 7.01. The van der Waals surface area contributed by atoms with Crippen LogP contribution in [-0.2, 0) is 4.79 Å². The molecule has 0 radical (unpaired) electrons. The first-order valence-electron chi connectivity index (χ1n) is 7.01. The van der Waals surface area contributed by atoms with E-state index in [-0.39, 0.29) is 12.5 Å². The summed E-state index contributed by atoms with van der Waals surface area (Å²) in [6.45, 7) is 0.594. The smallest absolute Gasteiger partial charge is 0.230 e. The average molecular weight is 283 g/mol. The van der Waals surface area contributed by atoms with E-state index in [1.165, 1.54) is 0 Å². The van der Waals surface area contributed by atoms with E-state index in [2.05, 4.69) is 0 Å². The van der Waals surface area contributed by atoms with Gasteiger partial charge in [0.2, 0.25) is 5.91 Å². The van der Waals surface area contributed by atoms with Gasteiger partial charge in [-0.25, -0.2) is 0 Å². The highest BCUT2D eigenvalue weighted by Gasteiger charge is 2.25. The van der Waals surface area contributed by atoms with Gasteiger partial charge >= 0.3 is 0 Å². The van der Waals surface area contributed by atoms with Gasteiger partial charge in [0.05, 0.1) is 31.4 Å². The van der Waals surface area contributed by atoms with Gasteiger partial charge < -0.3 is 14.7 Å². The normalized spacial score (nSPS) is 15.9. The number of carbonyl (C=O) groups excluding carboxylic acids is 1. The molecule has 1 aliphatic heterocycles. The quantitative estimate of drug-likeness (QED) is 0.941. The van der Waals surface area contributed by atoms with Crippen LogP contribution < -0.4 is 9.64 Å². The topological polar surface area (TPSA) is 49.8 Å². The highest BCUT2D eigenvalue weighted by molar-refractivity contribution is 5.95. The van der Waals surface area contributed by atoms with Crippen molar-refractivity contribution in [2.24, 2.45) is 0 Å². The van der Waals surface area contributed by atoms with Crippen LogP contribution in [0.25, 0.3) is 0 Å². The van der Waals surface area contributed by atoms with Crippen LogP contribution in [0.2, 0.25) is 0 Å². The van der Waals surface area contributed by atoms with Crippen molar-refractivity contribution in [2.45, 2.75) is 12.5 Å². The van der Waals surface area contributed by atoms with Crippen molar-refractivity contribution in [3.05, 3.63) is 60.2 Å². The van der Waals surface area contributed by atoms with Crippen LogP contribution in [0, 0.1) is 0 Å². The highest BCUT2D eigenvalue weighted by atomic mass is 16.5. The summed E-state index contributed by atoms with van der Waals surface area (Å²) in [4.78, 5) is 13.9. The summed E-state index contributed by atoms with van der Waals surface area (Å²) in [5.74, 6) is 0.651. The van der Waals surface area contributed by atoms with Crippen molar-refractivity contribution in [1.82, 2.24) is 0 Å². The van der Waals surface area contributed by atoms with Crippen LogP contribution in [0.1, 0.15) is 18.1 Å². The van der Waals surface area contributed by atoms with E-state index in [4.69, 9.17) is 4.74 Å². The number of fused-ring (bicyclic) bond motifs is 1. The number of carbonyl (C=O) groups is 1. The molecule has 4 nitrogen and oxygen atoms in total. The number of aliphatic hydroxyl groups is 1. The van der Waals surface area contributed by atoms with Crippen LogP contribution in [-0.4, -0.2) is 24.2 Å². The van der Waals surface area contributed by atoms with Crippen LogP contribution in [0.3, 0.4) is 0 Å². The molecular weight excluding hydrogens is 266 g/mol. The SMILES string of the molecule is O=C1CCOc2ccccc2N1CC(O)c1ccccc1. The molecule has 0 spiro atoms. The van der Waals surface area contributed by atoms with Gasteiger partial charge in [0.25, 0.3) is 0 Å². The van der Waals surface area contributed by atoms with Gasteiger partial charge in [0.15, 0.2) is 0 Å². The van der Waals surface area contributed by atoms with Gasteiger partial charge in [0, 0.05) is 0 Å². The molecule has 1 aliphatic rings. The fourth-order valence-corrected chi connectivity index (χ4v) is 2.47. The summed E-state index contributed by atoms with van der Waals surface area (Å²) in [7, 11) is 0.